The Morgan fingerprint density at radius 3 is 2.82 bits per heavy atom. The highest BCUT2D eigenvalue weighted by Crippen LogP contribution is 2.22. The van der Waals surface area contributed by atoms with E-state index in [-0.39, 0.29) is 5.97 Å². The van der Waals surface area contributed by atoms with Gasteiger partial charge in [-0.25, -0.2) is 4.79 Å². The second-order valence-electron chi connectivity index (χ2n) is 3.85. The molecule has 0 fully saturated rings. The Labute approximate surface area is 107 Å². The van der Waals surface area contributed by atoms with Gasteiger partial charge < -0.3 is 10.5 Å². The molecular formula is C13H19NO2S. The van der Waals surface area contributed by atoms with Crippen LogP contribution in [0.1, 0.15) is 29.3 Å². The summed E-state index contributed by atoms with van der Waals surface area (Å²) in [5, 5.41) is 0.505. The van der Waals surface area contributed by atoms with Crippen molar-refractivity contribution in [2.24, 2.45) is 5.73 Å². The summed E-state index contributed by atoms with van der Waals surface area (Å²) >= 11 is 1.81. The summed E-state index contributed by atoms with van der Waals surface area (Å²) in [4.78, 5) is 11.6. The molecule has 0 saturated carbocycles. The SMILES string of the molecule is COC(=O)c1ccccc1CSC(C)CCN. The third-order valence-electron chi connectivity index (χ3n) is 2.52. The Morgan fingerprint density at radius 2 is 2.18 bits per heavy atom. The van der Waals surface area contributed by atoms with Gasteiger partial charge in [0.05, 0.1) is 12.7 Å². The van der Waals surface area contributed by atoms with Crippen LogP contribution in [-0.2, 0) is 10.5 Å². The Kier molecular flexibility index (Phi) is 6.08. The van der Waals surface area contributed by atoms with Crippen LogP contribution in [0.4, 0.5) is 0 Å². The minimum Gasteiger partial charge on any atom is -0.465 e. The standard InChI is InChI=1S/C13H19NO2S/c1-10(7-8-14)17-9-11-5-3-4-6-12(11)13(15)16-2/h3-6,10H,7-9,14H2,1-2H3. The quantitative estimate of drug-likeness (QED) is 0.791. The third kappa shape index (κ3) is 4.40. The molecule has 0 saturated heterocycles. The predicted octanol–water partition coefficient (Wildman–Crippen LogP) is 2.44. The number of carbonyl (C=O) groups is 1. The topological polar surface area (TPSA) is 52.3 Å². The Bertz CT molecular complexity index is 368. The Morgan fingerprint density at radius 1 is 1.47 bits per heavy atom. The van der Waals surface area contributed by atoms with E-state index >= 15 is 0 Å². The number of hydrogen-bond donors (Lipinski definition) is 1. The maximum Gasteiger partial charge on any atom is 0.338 e. The van der Waals surface area contributed by atoms with Gasteiger partial charge in [-0.1, -0.05) is 25.1 Å². The van der Waals surface area contributed by atoms with Crippen LogP contribution in [0.2, 0.25) is 0 Å². The molecule has 1 rings (SSSR count). The second kappa shape index (κ2) is 7.35. The molecule has 17 heavy (non-hydrogen) atoms. The molecule has 0 spiro atoms. The molecular weight excluding hydrogens is 234 g/mol. The first-order valence-corrected chi connectivity index (χ1v) is 6.71. The average Bonchev–Trinajstić information content (AvgIpc) is 2.36. The van der Waals surface area contributed by atoms with Crippen molar-refractivity contribution in [3.8, 4) is 0 Å². The van der Waals surface area contributed by atoms with Crippen LogP contribution in [-0.4, -0.2) is 24.9 Å². The van der Waals surface area contributed by atoms with Gasteiger partial charge in [0, 0.05) is 11.0 Å². The number of benzene rings is 1. The summed E-state index contributed by atoms with van der Waals surface area (Å²) in [7, 11) is 1.41. The van der Waals surface area contributed by atoms with Crippen molar-refractivity contribution in [1.82, 2.24) is 0 Å². The van der Waals surface area contributed by atoms with Crippen molar-refractivity contribution in [1.29, 1.82) is 0 Å². The normalized spacial score (nSPS) is 12.2. The number of rotatable bonds is 6. The van der Waals surface area contributed by atoms with E-state index in [0.29, 0.717) is 17.4 Å². The zero-order chi connectivity index (χ0) is 12.7. The predicted molar refractivity (Wildman–Crippen MR) is 72.2 cm³/mol. The fraction of sp³-hybridized carbons (Fsp3) is 0.462. The number of methoxy groups -OCH3 is 1. The smallest absolute Gasteiger partial charge is 0.338 e. The molecule has 0 amide bonds. The molecule has 0 aliphatic heterocycles. The third-order valence-corrected chi connectivity index (χ3v) is 3.80. The molecule has 0 aliphatic rings. The van der Waals surface area contributed by atoms with Crippen molar-refractivity contribution in [2.75, 3.05) is 13.7 Å². The van der Waals surface area contributed by atoms with Crippen molar-refractivity contribution in [2.45, 2.75) is 24.3 Å². The zero-order valence-electron chi connectivity index (χ0n) is 10.3. The van der Waals surface area contributed by atoms with Crippen LogP contribution in [0.3, 0.4) is 0 Å². The van der Waals surface area contributed by atoms with E-state index in [9.17, 15) is 4.79 Å². The lowest BCUT2D eigenvalue weighted by Gasteiger charge is -2.11. The van der Waals surface area contributed by atoms with Gasteiger partial charge in [-0.2, -0.15) is 11.8 Å². The van der Waals surface area contributed by atoms with Crippen LogP contribution < -0.4 is 5.73 Å². The summed E-state index contributed by atoms with van der Waals surface area (Å²) in [6.07, 6.45) is 0.991. The number of esters is 1. The Hall–Kier alpha value is -1.00. The van der Waals surface area contributed by atoms with Crippen molar-refractivity contribution in [3.05, 3.63) is 35.4 Å². The molecule has 1 aromatic rings. The maximum absolute atomic E-state index is 11.6. The molecule has 0 bridgehead atoms. The van der Waals surface area contributed by atoms with Gasteiger partial charge in [-0.05, 0) is 24.6 Å². The minimum atomic E-state index is -0.271. The molecule has 1 unspecified atom stereocenters. The lowest BCUT2D eigenvalue weighted by molar-refractivity contribution is 0.0600. The van der Waals surface area contributed by atoms with E-state index in [2.05, 4.69) is 6.92 Å². The van der Waals surface area contributed by atoms with Crippen molar-refractivity contribution in [3.63, 3.8) is 0 Å². The lowest BCUT2D eigenvalue weighted by atomic mass is 10.1. The molecule has 4 heteroatoms. The molecule has 0 aliphatic carbocycles. The number of thioether (sulfide) groups is 1. The first kappa shape index (κ1) is 14.1. The molecule has 0 aromatic heterocycles. The molecule has 1 aromatic carbocycles. The van der Waals surface area contributed by atoms with Crippen LogP contribution in [0.25, 0.3) is 0 Å². The van der Waals surface area contributed by atoms with Gasteiger partial charge in [0.15, 0.2) is 0 Å². The molecule has 0 heterocycles. The zero-order valence-corrected chi connectivity index (χ0v) is 11.1. The number of ether oxygens (including phenoxy) is 1. The van der Waals surface area contributed by atoms with E-state index in [1.165, 1.54) is 7.11 Å². The molecule has 3 nitrogen and oxygen atoms in total. The lowest BCUT2D eigenvalue weighted by Crippen LogP contribution is -2.09. The van der Waals surface area contributed by atoms with Crippen LogP contribution in [0.5, 0.6) is 0 Å². The van der Waals surface area contributed by atoms with Gasteiger partial charge in [0.25, 0.3) is 0 Å². The fourth-order valence-electron chi connectivity index (χ4n) is 1.51. The monoisotopic (exact) mass is 253 g/mol. The van der Waals surface area contributed by atoms with Crippen LogP contribution >= 0.6 is 11.8 Å². The first-order chi connectivity index (χ1) is 8.19. The summed E-state index contributed by atoms with van der Waals surface area (Å²) in [6, 6.07) is 7.56. The number of nitrogens with two attached hydrogens (primary N) is 1. The van der Waals surface area contributed by atoms with Crippen LogP contribution in [0, 0.1) is 0 Å². The summed E-state index contributed by atoms with van der Waals surface area (Å²) in [6.45, 7) is 2.85. The van der Waals surface area contributed by atoms with Crippen molar-refractivity contribution < 1.29 is 9.53 Å². The van der Waals surface area contributed by atoms with Gasteiger partial charge in [-0.3, -0.25) is 0 Å². The summed E-state index contributed by atoms with van der Waals surface area (Å²) in [5.74, 6) is 0.541. The van der Waals surface area contributed by atoms with Gasteiger partial charge in [0.2, 0.25) is 0 Å². The summed E-state index contributed by atoms with van der Waals surface area (Å²) < 4.78 is 4.76. The van der Waals surface area contributed by atoms with E-state index in [1.54, 1.807) is 6.07 Å². The molecule has 0 radical (unpaired) electrons. The summed E-state index contributed by atoms with van der Waals surface area (Å²) in [5.41, 5.74) is 7.19. The van der Waals surface area contributed by atoms with E-state index < -0.39 is 0 Å². The first-order valence-electron chi connectivity index (χ1n) is 5.67. The van der Waals surface area contributed by atoms with Gasteiger partial charge >= 0.3 is 5.97 Å². The van der Waals surface area contributed by atoms with E-state index in [1.807, 2.05) is 30.0 Å². The number of carbonyl (C=O) groups excluding carboxylic acids is 1. The molecule has 1 atom stereocenters. The highest BCUT2D eigenvalue weighted by Gasteiger charge is 2.11. The second-order valence-corrected chi connectivity index (χ2v) is 5.27. The van der Waals surface area contributed by atoms with Gasteiger partial charge in [-0.15, -0.1) is 0 Å². The highest BCUT2D eigenvalue weighted by molar-refractivity contribution is 7.99. The number of hydrogen-bond acceptors (Lipinski definition) is 4. The van der Waals surface area contributed by atoms with Gasteiger partial charge in [0.1, 0.15) is 0 Å². The maximum atomic E-state index is 11.6. The van der Waals surface area contributed by atoms with Crippen molar-refractivity contribution >= 4 is 17.7 Å². The largest absolute Gasteiger partial charge is 0.465 e. The fourth-order valence-corrected chi connectivity index (χ4v) is 2.52. The Balaban J connectivity index is 2.67. The van der Waals surface area contributed by atoms with E-state index in [4.69, 9.17) is 10.5 Å². The van der Waals surface area contributed by atoms with E-state index in [0.717, 1.165) is 17.7 Å². The highest BCUT2D eigenvalue weighted by atomic mass is 32.2. The average molecular weight is 253 g/mol. The molecule has 94 valence electrons. The van der Waals surface area contributed by atoms with Crippen LogP contribution in [0.15, 0.2) is 24.3 Å². The minimum absolute atomic E-state index is 0.271. The molecule has 2 N–H and O–H groups in total.